The molecular formula is C13H18N4O2. The van der Waals surface area contributed by atoms with E-state index in [1.165, 1.54) is 13.4 Å². The summed E-state index contributed by atoms with van der Waals surface area (Å²) in [6.07, 6.45) is 3.38. The van der Waals surface area contributed by atoms with Gasteiger partial charge < -0.3 is 15.2 Å². The zero-order chi connectivity index (χ0) is 13.5. The second kappa shape index (κ2) is 6.75. The normalized spacial score (nSPS) is 10.6. The van der Waals surface area contributed by atoms with E-state index in [0.717, 1.165) is 30.8 Å². The number of nitrogens with zero attached hydrogens (tertiary/aromatic N) is 2. The van der Waals surface area contributed by atoms with Crippen molar-refractivity contribution in [1.82, 2.24) is 20.5 Å². The molecule has 1 aromatic carbocycles. The van der Waals surface area contributed by atoms with Gasteiger partial charge >= 0.3 is 0 Å². The first-order chi connectivity index (χ1) is 9.29. The highest BCUT2D eigenvalue weighted by Gasteiger charge is 2.02. The number of aromatic amines is 1. The van der Waals surface area contributed by atoms with Crippen LogP contribution < -0.4 is 10.1 Å². The average molecular weight is 262 g/mol. The molecule has 0 radical (unpaired) electrons. The Hall–Kier alpha value is -2.08. The average Bonchev–Trinajstić information content (AvgIpc) is 2.92. The number of methoxy groups -OCH3 is 1. The Kier molecular flexibility index (Phi) is 4.74. The number of phenolic OH excluding ortho intramolecular Hbond substituents is 1. The first kappa shape index (κ1) is 13.4. The molecule has 2 aromatic rings. The maximum absolute atomic E-state index is 9.65. The number of benzene rings is 1. The molecule has 0 amide bonds. The SMILES string of the molecule is COc1ccc(CNCCCc2ncn[nH]2)cc1O. The van der Waals surface area contributed by atoms with Crippen LogP contribution in [0.5, 0.6) is 11.5 Å². The fourth-order valence-electron chi connectivity index (χ4n) is 1.81. The van der Waals surface area contributed by atoms with Gasteiger partial charge in [0.2, 0.25) is 0 Å². The van der Waals surface area contributed by atoms with Gasteiger partial charge in [-0.25, -0.2) is 4.98 Å². The van der Waals surface area contributed by atoms with Crippen LogP contribution in [0, 0.1) is 0 Å². The fraction of sp³-hybridized carbons (Fsp3) is 0.385. The third-order valence-corrected chi connectivity index (χ3v) is 2.80. The molecule has 2 rings (SSSR count). The van der Waals surface area contributed by atoms with Gasteiger partial charge in [0.15, 0.2) is 11.5 Å². The Bertz CT molecular complexity index is 499. The predicted molar refractivity (Wildman–Crippen MR) is 71.1 cm³/mol. The first-order valence-corrected chi connectivity index (χ1v) is 6.20. The van der Waals surface area contributed by atoms with E-state index in [9.17, 15) is 5.11 Å². The van der Waals surface area contributed by atoms with E-state index in [1.54, 1.807) is 12.1 Å². The van der Waals surface area contributed by atoms with Crippen molar-refractivity contribution in [3.63, 3.8) is 0 Å². The van der Waals surface area contributed by atoms with Crippen molar-refractivity contribution in [2.45, 2.75) is 19.4 Å². The molecule has 0 aliphatic heterocycles. The van der Waals surface area contributed by atoms with Gasteiger partial charge in [0.1, 0.15) is 12.2 Å². The number of aromatic hydroxyl groups is 1. The van der Waals surface area contributed by atoms with Crippen molar-refractivity contribution in [1.29, 1.82) is 0 Å². The van der Waals surface area contributed by atoms with E-state index in [-0.39, 0.29) is 5.75 Å². The van der Waals surface area contributed by atoms with Crippen molar-refractivity contribution in [3.05, 3.63) is 35.9 Å². The van der Waals surface area contributed by atoms with Crippen molar-refractivity contribution >= 4 is 0 Å². The van der Waals surface area contributed by atoms with Crippen LogP contribution in [0.25, 0.3) is 0 Å². The van der Waals surface area contributed by atoms with Gasteiger partial charge in [-0.05, 0) is 30.7 Å². The molecule has 19 heavy (non-hydrogen) atoms. The molecule has 6 nitrogen and oxygen atoms in total. The van der Waals surface area contributed by atoms with Crippen LogP contribution in [0.15, 0.2) is 24.5 Å². The highest BCUT2D eigenvalue weighted by Crippen LogP contribution is 2.25. The first-order valence-electron chi connectivity index (χ1n) is 6.20. The second-order valence-electron chi connectivity index (χ2n) is 4.22. The Morgan fingerprint density at radius 1 is 1.42 bits per heavy atom. The molecule has 1 heterocycles. The summed E-state index contributed by atoms with van der Waals surface area (Å²) < 4.78 is 5.00. The number of hydrogen-bond acceptors (Lipinski definition) is 5. The summed E-state index contributed by atoms with van der Waals surface area (Å²) in [6, 6.07) is 5.41. The molecule has 0 saturated heterocycles. The highest BCUT2D eigenvalue weighted by atomic mass is 16.5. The number of ether oxygens (including phenoxy) is 1. The second-order valence-corrected chi connectivity index (χ2v) is 4.22. The smallest absolute Gasteiger partial charge is 0.160 e. The lowest BCUT2D eigenvalue weighted by Gasteiger charge is -2.07. The fourth-order valence-corrected chi connectivity index (χ4v) is 1.81. The van der Waals surface area contributed by atoms with Crippen molar-refractivity contribution in [2.24, 2.45) is 0 Å². The van der Waals surface area contributed by atoms with E-state index in [2.05, 4.69) is 20.5 Å². The predicted octanol–water partition coefficient (Wildman–Crippen LogP) is 1.24. The molecular weight excluding hydrogens is 244 g/mol. The number of phenols is 1. The molecule has 0 saturated carbocycles. The summed E-state index contributed by atoms with van der Waals surface area (Å²) in [5.41, 5.74) is 1.03. The van der Waals surface area contributed by atoms with Gasteiger partial charge in [-0.3, -0.25) is 5.10 Å². The van der Waals surface area contributed by atoms with Crippen molar-refractivity contribution in [3.8, 4) is 11.5 Å². The molecule has 0 unspecified atom stereocenters. The summed E-state index contributed by atoms with van der Waals surface area (Å²) in [5, 5.41) is 19.6. The number of aryl methyl sites for hydroxylation is 1. The lowest BCUT2D eigenvalue weighted by atomic mass is 10.2. The van der Waals surface area contributed by atoms with Crippen LogP contribution in [-0.4, -0.2) is 33.9 Å². The minimum atomic E-state index is 0.170. The molecule has 0 spiro atoms. The lowest BCUT2D eigenvalue weighted by molar-refractivity contribution is 0.373. The Morgan fingerprint density at radius 3 is 3.00 bits per heavy atom. The van der Waals surface area contributed by atoms with Gasteiger partial charge in [-0.2, -0.15) is 5.10 Å². The molecule has 0 aliphatic carbocycles. The Balaban J connectivity index is 1.69. The van der Waals surface area contributed by atoms with Crippen LogP contribution >= 0.6 is 0 Å². The summed E-state index contributed by atoms with van der Waals surface area (Å²) in [6.45, 7) is 1.60. The van der Waals surface area contributed by atoms with E-state index >= 15 is 0 Å². The third-order valence-electron chi connectivity index (χ3n) is 2.80. The quantitative estimate of drug-likeness (QED) is 0.654. The zero-order valence-corrected chi connectivity index (χ0v) is 10.9. The summed E-state index contributed by atoms with van der Waals surface area (Å²) >= 11 is 0. The summed E-state index contributed by atoms with van der Waals surface area (Å²) in [4.78, 5) is 4.06. The van der Waals surface area contributed by atoms with E-state index in [0.29, 0.717) is 12.3 Å². The van der Waals surface area contributed by atoms with E-state index in [4.69, 9.17) is 4.74 Å². The number of aromatic nitrogens is 3. The van der Waals surface area contributed by atoms with Gasteiger partial charge in [-0.15, -0.1) is 0 Å². The van der Waals surface area contributed by atoms with Crippen molar-refractivity contribution in [2.75, 3.05) is 13.7 Å². The maximum atomic E-state index is 9.65. The topological polar surface area (TPSA) is 83.1 Å². The lowest BCUT2D eigenvalue weighted by Crippen LogP contribution is -2.15. The monoisotopic (exact) mass is 262 g/mol. The van der Waals surface area contributed by atoms with Gasteiger partial charge in [0.05, 0.1) is 7.11 Å². The minimum absolute atomic E-state index is 0.170. The highest BCUT2D eigenvalue weighted by molar-refractivity contribution is 5.41. The third kappa shape index (κ3) is 3.96. The summed E-state index contributed by atoms with van der Waals surface area (Å²) in [5.74, 6) is 1.57. The largest absolute Gasteiger partial charge is 0.504 e. The molecule has 102 valence electrons. The summed E-state index contributed by atoms with van der Waals surface area (Å²) in [7, 11) is 1.54. The van der Waals surface area contributed by atoms with E-state index in [1.807, 2.05) is 6.07 Å². The molecule has 3 N–H and O–H groups in total. The Morgan fingerprint density at radius 2 is 2.32 bits per heavy atom. The van der Waals surface area contributed by atoms with Gasteiger partial charge in [-0.1, -0.05) is 6.07 Å². The molecule has 1 aromatic heterocycles. The van der Waals surface area contributed by atoms with Crippen LogP contribution in [0.3, 0.4) is 0 Å². The van der Waals surface area contributed by atoms with Crippen LogP contribution in [0.2, 0.25) is 0 Å². The van der Waals surface area contributed by atoms with Crippen LogP contribution in [-0.2, 0) is 13.0 Å². The number of nitrogens with one attached hydrogen (secondary N) is 2. The van der Waals surface area contributed by atoms with Crippen LogP contribution in [0.1, 0.15) is 17.8 Å². The molecule has 0 atom stereocenters. The molecule has 0 fully saturated rings. The molecule has 0 bridgehead atoms. The minimum Gasteiger partial charge on any atom is -0.504 e. The van der Waals surface area contributed by atoms with E-state index < -0.39 is 0 Å². The molecule has 0 aliphatic rings. The van der Waals surface area contributed by atoms with Crippen molar-refractivity contribution < 1.29 is 9.84 Å². The van der Waals surface area contributed by atoms with Crippen LogP contribution in [0.4, 0.5) is 0 Å². The molecule has 6 heteroatoms. The van der Waals surface area contributed by atoms with Gasteiger partial charge in [0.25, 0.3) is 0 Å². The standard InChI is InChI=1S/C13H18N4O2/c1-19-12-5-4-10(7-11(12)18)8-14-6-2-3-13-15-9-16-17-13/h4-5,7,9,14,18H,2-3,6,8H2,1H3,(H,15,16,17). The maximum Gasteiger partial charge on any atom is 0.160 e. The number of hydrogen-bond donors (Lipinski definition) is 3. The zero-order valence-electron chi connectivity index (χ0n) is 10.9. The number of rotatable bonds is 7. The number of H-pyrrole nitrogens is 1. The van der Waals surface area contributed by atoms with Gasteiger partial charge in [0, 0.05) is 13.0 Å². The Labute approximate surface area is 111 Å².